The maximum Gasteiger partial charge on any atom is 0.312 e. The summed E-state index contributed by atoms with van der Waals surface area (Å²) in [5.74, 6) is -0.0139. The van der Waals surface area contributed by atoms with Crippen molar-refractivity contribution in [2.45, 2.75) is 31.5 Å². The molecule has 2 rings (SSSR count). The summed E-state index contributed by atoms with van der Waals surface area (Å²) in [5.41, 5.74) is -0.298. The van der Waals surface area contributed by atoms with Gasteiger partial charge in [-0.2, -0.15) is 5.26 Å². The molecule has 1 N–H and O–H groups in total. The average molecular weight is 283 g/mol. The first-order chi connectivity index (χ1) is 9.02. The average Bonchev–Trinajstić information content (AvgIpc) is 2.75. The standard InChI is InChI=1S/C12H11ClN2O4/c13-8-5-12(19-11-3-1-2-10(11)16)9(15(17)18)4-7(8)6-14/h4-5,10-11,16H,1-3H2/t10-,11-/m1/s1. The lowest BCUT2D eigenvalue weighted by molar-refractivity contribution is -0.386. The number of aliphatic hydroxyl groups is 1. The summed E-state index contributed by atoms with van der Waals surface area (Å²) in [6, 6.07) is 4.11. The van der Waals surface area contributed by atoms with Crippen LogP contribution in [0.5, 0.6) is 5.75 Å². The monoisotopic (exact) mass is 282 g/mol. The van der Waals surface area contributed by atoms with Gasteiger partial charge in [-0.25, -0.2) is 0 Å². The number of ether oxygens (including phenoxy) is 1. The van der Waals surface area contributed by atoms with Crippen LogP contribution >= 0.6 is 11.6 Å². The van der Waals surface area contributed by atoms with E-state index in [9.17, 15) is 15.2 Å². The molecule has 0 aromatic heterocycles. The summed E-state index contributed by atoms with van der Waals surface area (Å²) >= 11 is 5.84. The first kappa shape index (κ1) is 13.6. The Kier molecular flexibility index (Phi) is 3.88. The fourth-order valence-corrected chi connectivity index (χ4v) is 2.27. The van der Waals surface area contributed by atoms with E-state index in [4.69, 9.17) is 21.6 Å². The quantitative estimate of drug-likeness (QED) is 0.678. The lowest BCUT2D eigenvalue weighted by Crippen LogP contribution is -2.25. The zero-order chi connectivity index (χ0) is 14.0. The molecule has 100 valence electrons. The van der Waals surface area contributed by atoms with Gasteiger partial charge in [0.1, 0.15) is 12.2 Å². The summed E-state index contributed by atoms with van der Waals surface area (Å²) in [5, 5.41) is 29.5. The fraction of sp³-hybridized carbons (Fsp3) is 0.417. The van der Waals surface area contributed by atoms with Gasteiger partial charge in [-0.3, -0.25) is 10.1 Å². The molecule has 1 aliphatic carbocycles. The maximum atomic E-state index is 11.0. The van der Waals surface area contributed by atoms with E-state index in [0.29, 0.717) is 12.8 Å². The smallest absolute Gasteiger partial charge is 0.312 e. The van der Waals surface area contributed by atoms with Crippen molar-refractivity contribution in [2.75, 3.05) is 0 Å². The van der Waals surface area contributed by atoms with Crippen molar-refractivity contribution in [1.29, 1.82) is 5.26 Å². The van der Waals surface area contributed by atoms with Gasteiger partial charge < -0.3 is 9.84 Å². The van der Waals surface area contributed by atoms with E-state index >= 15 is 0 Å². The van der Waals surface area contributed by atoms with Gasteiger partial charge in [-0.1, -0.05) is 11.6 Å². The van der Waals surface area contributed by atoms with Crippen LogP contribution in [0.25, 0.3) is 0 Å². The highest BCUT2D eigenvalue weighted by Crippen LogP contribution is 2.35. The molecule has 0 radical (unpaired) electrons. The van der Waals surface area contributed by atoms with Gasteiger partial charge in [0, 0.05) is 12.1 Å². The summed E-state index contributed by atoms with van der Waals surface area (Å²) in [6.07, 6.45) is 0.957. The van der Waals surface area contributed by atoms with E-state index in [2.05, 4.69) is 0 Å². The Morgan fingerprint density at radius 1 is 1.53 bits per heavy atom. The minimum absolute atomic E-state index is 0.0139. The Morgan fingerprint density at radius 2 is 2.26 bits per heavy atom. The molecule has 1 aliphatic rings. The SMILES string of the molecule is N#Cc1cc([N+](=O)[O-])c(O[C@@H]2CCC[C@H]2O)cc1Cl. The number of nitro benzene ring substituents is 1. The van der Waals surface area contributed by atoms with Gasteiger partial charge in [-0.15, -0.1) is 0 Å². The van der Waals surface area contributed by atoms with Crippen LogP contribution in [0.4, 0.5) is 5.69 Å². The third kappa shape index (κ3) is 2.78. The second-order valence-corrected chi connectivity index (χ2v) is 4.73. The normalized spacial score (nSPS) is 21.9. The van der Waals surface area contributed by atoms with Crippen LogP contribution < -0.4 is 4.74 Å². The van der Waals surface area contributed by atoms with E-state index in [1.165, 1.54) is 6.07 Å². The molecule has 6 nitrogen and oxygen atoms in total. The highest BCUT2D eigenvalue weighted by molar-refractivity contribution is 6.32. The minimum atomic E-state index is -0.631. The predicted molar refractivity (Wildman–Crippen MR) is 67.1 cm³/mol. The van der Waals surface area contributed by atoms with Crippen LogP contribution in [0.15, 0.2) is 12.1 Å². The predicted octanol–water partition coefficient (Wildman–Crippen LogP) is 2.41. The molecule has 0 aliphatic heterocycles. The summed E-state index contributed by atoms with van der Waals surface area (Å²) in [4.78, 5) is 10.3. The van der Waals surface area contributed by atoms with Crippen LogP contribution in [0.1, 0.15) is 24.8 Å². The molecular weight excluding hydrogens is 272 g/mol. The highest BCUT2D eigenvalue weighted by atomic mass is 35.5. The molecule has 7 heteroatoms. The fourth-order valence-electron chi connectivity index (χ4n) is 2.07. The van der Waals surface area contributed by atoms with E-state index in [1.54, 1.807) is 6.07 Å². The van der Waals surface area contributed by atoms with E-state index < -0.39 is 17.1 Å². The number of nitro groups is 1. The van der Waals surface area contributed by atoms with Gasteiger partial charge in [-0.05, 0) is 19.3 Å². The van der Waals surface area contributed by atoms with Crippen molar-refractivity contribution in [3.05, 3.63) is 32.8 Å². The summed E-state index contributed by atoms with van der Waals surface area (Å²) in [7, 11) is 0. The molecule has 0 saturated heterocycles. The molecule has 0 spiro atoms. The summed E-state index contributed by atoms with van der Waals surface area (Å²) in [6.45, 7) is 0. The third-order valence-electron chi connectivity index (χ3n) is 3.06. The molecule has 1 fully saturated rings. The first-order valence-electron chi connectivity index (χ1n) is 5.75. The number of hydrogen-bond donors (Lipinski definition) is 1. The van der Waals surface area contributed by atoms with Crippen molar-refractivity contribution in [3.8, 4) is 11.8 Å². The number of halogens is 1. The van der Waals surface area contributed by atoms with Crippen molar-refractivity contribution < 1.29 is 14.8 Å². The molecule has 0 amide bonds. The molecule has 2 atom stereocenters. The van der Waals surface area contributed by atoms with Crippen molar-refractivity contribution in [1.82, 2.24) is 0 Å². The first-order valence-corrected chi connectivity index (χ1v) is 6.13. The van der Waals surface area contributed by atoms with Crippen LogP contribution in [-0.4, -0.2) is 22.2 Å². The van der Waals surface area contributed by atoms with Crippen LogP contribution in [-0.2, 0) is 0 Å². The minimum Gasteiger partial charge on any atom is -0.481 e. The van der Waals surface area contributed by atoms with Crippen LogP contribution in [0.3, 0.4) is 0 Å². The Labute approximate surface area is 114 Å². The van der Waals surface area contributed by atoms with Crippen LogP contribution in [0, 0.1) is 21.4 Å². The zero-order valence-electron chi connectivity index (χ0n) is 9.88. The highest BCUT2D eigenvalue weighted by Gasteiger charge is 2.30. The number of rotatable bonds is 3. The number of aliphatic hydroxyl groups excluding tert-OH is 1. The second-order valence-electron chi connectivity index (χ2n) is 4.32. The van der Waals surface area contributed by atoms with Gasteiger partial charge in [0.05, 0.1) is 21.6 Å². The van der Waals surface area contributed by atoms with Gasteiger partial charge in [0.25, 0.3) is 0 Å². The molecule has 0 heterocycles. The van der Waals surface area contributed by atoms with Crippen LogP contribution in [0.2, 0.25) is 5.02 Å². The second kappa shape index (κ2) is 5.43. The number of hydrogen-bond acceptors (Lipinski definition) is 5. The van der Waals surface area contributed by atoms with E-state index in [1.807, 2.05) is 0 Å². The Hall–Kier alpha value is -1.84. The van der Waals surface area contributed by atoms with Gasteiger partial charge in [0.15, 0.2) is 5.75 Å². The van der Waals surface area contributed by atoms with E-state index in [0.717, 1.165) is 12.5 Å². The maximum absolute atomic E-state index is 11.0. The summed E-state index contributed by atoms with van der Waals surface area (Å²) < 4.78 is 5.47. The molecule has 19 heavy (non-hydrogen) atoms. The van der Waals surface area contributed by atoms with Crippen molar-refractivity contribution >= 4 is 17.3 Å². The molecule has 0 bridgehead atoms. The Morgan fingerprint density at radius 3 is 2.79 bits per heavy atom. The van der Waals surface area contributed by atoms with Gasteiger partial charge in [0.2, 0.25) is 0 Å². The molecule has 1 aromatic rings. The Bertz CT molecular complexity index is 555. The Balaban J connectivity index is 2.36. The molecule has 1 saturated carbocycles. The zero-order valence-corrected chi connectivity index (χ0v) is 10.6. The largest absolute Gasteiger partial charge is 0.481 e. The number of nitriles is 1. The van der Waals surface area contributed by atoms with Crippen molar-refractivity contribution in [3.63, 3.8) is 0 Å². The number of benzene rings is 1. The third-order valence-corrected chi connectivity index (χ3v) is 3.37. The number of nitrogens with zero attached hydrogens (tertiary/aromatic N) is 2. The van der Waals surface area contributed by atoms with Gasteiger partial charge >= 0.3 is 5.69 Å². The van der Waals surface area contributed by atoms with Crippen molar-refractivity contribution in [2.24, 2.45) is 0 Å². The van der Waals surface area contributed by atoms with E-state index in [-0.39, 0.29) is 22.0 Å². The lowest BCUT2D eigenvalue weighted by atomic mass is 10.2. The molecule has 1 aromatic carbocycles. The molecular formula is C12H11ClN2O4. The lowest BCUT2D eigenvalue weighted by Gasteiger charge is -2.17. The topological polar surface area (TPSA) is 96.4 Å². The molecule has 0 unspecified atom stereocenters.